The van der Waals surface area contributed by atoms with E-state index in [1.807, 2.05) is 30.1 Å². The molecule has 2 bridgehead atoms. The van der Waals surface area contributed by atoms with Crippen molar-refractivity contribution in [3.05, 3.63) is 53.1 Å². The lowest BCUT2D eigenvalue weighted by molar-refractivity contribution is -0.136. The second kappa shape index (κ2) is 12.4. The Bertz CT molecular complexity index is 1970. The molecule has 50 heavy (non-hydrogen) atoms. The quantitative estimate of drug-likeness (QED) is 0.306. The van der Waals surface area contributed by atoms with Gasteiger partial charge in [-0.15, -0.1) is 0 Å². The van der Waals surface area contributed by atoms with Crippen LogP contribution in [0, 0.1) is 11.3 Å². The molecule has 0 spiro atoms. The molecule has 2 saturated carbocycles. The van der Waals surface area contributed by atoms with Gasteiger partial charge in [0.1, 0.15) is 5.75 Å². The highest BCUT2D eigenvalue weighted by Crippen LogP contribution is 2.66. The van der Waals surface area contributed by atoms with Crippen LogP contribution in [-0.2, 0) is 21.5 Å². The third-order valence-electron chi connectivity index (χ3n) is 13.1. The van der Waals surface area contributed by atoms with Gasteiger partial charge in [0.25, 0.3) is 5.91 Å². The minimum atomic E-state index is -3.97. The largest absolute Gasteiger partial charge is 0.497 e. The Balaban J connectivity index is 1.22. The molecule has 268 valence electrons. The number of aromatic nitrogens is 1. The lowest BCUT2D eigenvalue weighted by Gasteiger charge is -2.28. The van der Waals surface area contributed by atoms with Crippen LogP contribution in [0.3, 0.4) is 0 Å². The Morgan fingerprint density at radius 1 is 1.02 bits per heavy atom. The van der Waals surface area contributed by atoms with Gasteiger partial charge in [0.15, 0.2) is 0 Å². The van der Waals surface area contributed by atoms with Crippen LogP contribution in [0.2, 0.25) is 0 Å². The molecule has 5 atom stereocenters. The van der Waals surface area contributed by atoms with Crippen LogP contribution < -0.4 is 9.46 Å². The van der Waals surface area contributed by atoms with Crippen molar-refractivity contribution in [2.24, 2.45) is 11.3 Å². The first kappa shape index (κ1) is 33.7. The standard InChI is InChI=1S/C39H51N5O5S/c1-41(2)50(47,48)40-37(45)26-11-14-30-34(20-26)44-23-39(38(46)42(3)18-17-25-19-27-12-16-33(25)43(27)4)22-32(39)31-21-28(49-5)13-15-29(31)36(44)35(30)24-9-7-6-8-10-24/h11,13-15,20-21,24-25,27,32-33H,6-10,12,16-19,22-23H2,1-5H3,(H,40,45). The number of nitrogens with one attached hydrogen (secondary N) is 1. The first-order valence-corrected chi connectivity index (χ1v) is 19.9. The van der Waals surface area contributed by atoms with Crippen molar-refractivity contribution in [1.82, 2.24) is 23.4 Å². The normalized spacial score (nSPS) is 27.5. The predicted octanol–water partition coefficient (Wildman–Crippen LogP) is 5.72. The zero-order chi connectivity index (χ0) is 35.1. The molecule has 4 fully saturated rings. The average molecular weight is 702 g/mol. The molecule has 2 saturated heterocycles. The Morgan fingerprint density at radius 2 is 1.80 bits per heavy atom. The minimum absolute atomic E-state index is 0.0575. The van der Waals surface area contributed by atoms with Gasteiger partial charge in [-0.05, 0) is 105 Å². The fraction of sp³-hybridized carbons (Fsp3) is 0.590. The second-order valence-electron chi connectivity index (χ2n) is 16.0. The number of hydrogen-bond donors (Lipinski definition) is 1. The molecule has 10 nitrogen and oxygen atoms in total. The van der Waals surface area contributed by atoms with E-state index in [0.29, 0.717) is 30.5 Å². The summed E-state index contributed by atoms with van der Waals surface area (Å²) in [6.45, 7) is 1.26. The van der Waals surface area contributed by atoms with Gasteiger partial charge in [0.2, 0.25) is 5.91 Å². The van der Waals surface area contributed by atoms with Crippen molar-refractivity contribution in [3.63, 3.8) is 0 Å². The van der Waals surface area contributed by atoms with Gasteiger partial charge in [0.05, 0.1) is 18.2 Å². The fourth-order valence-electron chi connectivity index (χ4n) is 10.2. The number of nitrogens with zero attached hydrogens (tertiary/aromatic N) is 4. The number of hydrogen-bond acceptors (Lipinski definition) is 6. The SMILES string of the molecule is COc1ccc2c(c1)C1CC1(C(=O)N(C)CCC1CC3CCC1N3C)Cn1c-2c(C2CCCCC2)c2ccc(C(=O)NS(=O)(=O)N(C)C)cc21. The maximum absolute atomic E-state index is 14.8. The first-order valence-electron chi connectivity index (χ1n) is 18.5. The van der Waals surface area contributed by atoms with E-state index >= 15 is 0 Å². The molecular weight excluding hydrogens is 651 g/mol. The first-order chi connectivity index (χ1) is 23.9. The van der Waals surface area contributed by atoms with Gasteiger partial charge in [-0.2, -0.15) is 12.7 Å². The molecule has 11 heteroatoms. The summed E-state index contributed by atoms with van der Waals surface area (Å²) in [7, 11) is 4.76. The molecule has 8 rings (SSSR count). The van der Waals surface area contributed by atoms with Gasteiger partial charge >= 0.3 is 10.2 Å². The molecule has 1 aromatic heterocycles. The van der Waals surface area contributed by atoms with E-state index in [2.05, 4.69) is 33.4 Å². The fourth-order valence-corrected chi connectivity index (χ4v) is 10.8. The van der Waals surface area contributed by atoms with Crippen molar-refractivity contribution < 1.29 is 22.7 Å². The summed E-state index contributed by atoms with van der Waals surface area (Å²) in [6.07, 6.45) is 11.3. The van der Waals surface area contributed by atoms with Crippen molar-refractivity contribution >= 4 is 32.9 Å². The van der Waals surface area contributed by atoms with Crippen molar-refractivity contribution in [3.8, 4) is 17.0 Å². The third-order valence-corrected chi connectivity index (χ3v) is 14.5. The Labute approximate surface area is 296 Å². The van der Waals surface area contributed by atoms with Crippen molar-refractivity contribution in [2.45, 2.75) is 94.7 Å². The van der Waals surface area contributed by atoms with E-state index in [0.717, 1.165) is 70.0 Å². The van der Waals surface area contributed by atoms with Gasteiger partial charge in [0, 0.05) is 74.3 Å². The second-order valence-corrected chi connectivity index (χ2v) is 17.9. The summed E-state index contributed by atoms with van der Waals surface area (Å²) >= 11 is 0. The highest BCUT2D eigenvalue weighted by atomic mass is 32.2. The number of carbonyl (C=O) groups excluding carboxylic acids is 2. The van der Waals surface area contributed by atoms with E-state index < -0.39 is 21.5 Å². The minimum Gasteiger partial charge on any atom is -0.497 e. The molecule has 3 aromatic rings. The van der Waals surface area contributed by atoms with Gasteiger partial charge in [-0.25, -0.2) is 4.72 Å². The zero-order valence-electron chi connectivity index (χ0n) is 30.1. The lowest BCUT2D eigenvalue weighted by Crippen LogP contribution is -2.39. The van der Waals surface area contributed by atoms with E-state index in [9.17, 15) is 18.0 Å². The lowest BCUT2D eigenvalue weighted by atomic mass is 9.81. The summed E-state index contributed by atoms with van der Waals surface area (Å²) in [5.74, 6) is 1.36. The highest BCUT2D eigenvalue weighted by molar-refractivity contribution is 7.87. The third kappa shape index (κ3) is 5.37. The number of carbonyl (C=O) groups is 2. The molecular formula is C39H51N5O5S. The molecule has 2 aromatic carbocycles. The molecule has 2 aliphatic carbocycles. The molecule has 0 radical (unpaired) electrons. The van der Waals surface area contributed by atoms with Crippen LogP contribution in [-0.4, -0.2) is 92.8 Å². The summed E-state index contributed by atoms with van der Waals surface area (Å²) in [6, 6.07) is 13.2. The van der Waals surface area contributed by atoms with Crippen LogP contribution in [0.4, 0.5) is 0 Å². The van der Waals surface area contributed by atoms with Crippen LogP contribution in [0.15, 0.2) is 36.4 Å². The number of methoxy groups -OCH3 is 1. The van der Waals surface area contributed by atoms with Crippen LogP contribution >= 0.6 is 0 Å². The Kier molecular flexibility index (Phi) is 8.34. The molecule has 4 heterocycles. The topological polar surface area (TPSA) is 104 Å². The summed E-state index contributed by atoms with van der Waals surface area (Å²) in [4.78, 5) is 32.7. The maximum Gasteiger partial charge on any atom is 0.303 e. The maximum atomic E-state index is 14.8. The van der Waals surface area contributed by atoms with Crippen LogP contribution in [0.1, 0.15) is 97.5 Å². The molecule has 3 aliphatic heterocycles. The molecule has 5 unspecified atom stereocenters. The Morgan fingerprint density at radius 3 is 2.48 bits per heavy atom. The number of benzene rings is 2. The van der Waals surface area contributed by atoms with Crippen LogP contribution in [0.25, 0.3) is 22.2 Å². The van der Waals surface area contributed by atoms with Gasteiger partial charge in [-0.3, -0.25) is 9.59 Å². The van der Waals surface area contributed by atoms with Crippen molar-refractivity contribution in [2.75, 3.05) is 41.8 Å². The average Bonchev–Trinajstić information content (AvgIpc) is 3.52. The van der Waals surface area contributed by atoms with E-state index in [1.54, 1.807) is 13.2 Å². The Hall–Kier alpha value is -3.41. The number of fused-ring (bicyclic) bond motifs is 9. The molecule has 1 N–H and O–H groups in total. The molecule has 2 amide bonds. The monoisotopic (exact) mass is 701 g/mol. The number of ether oxygens (including phenoxy) is 1. The summed E-state index contributed by atoms with van der Waals surface area (Å²) in [5, 5.41) is 1.08. The van der Waals surface area contributed by atoms with E-state index in [-0.39, 0.29) is 17.4 Å². The van der Waals surface area contributed by atoms with E-state index in [1.165, 1.54) is 58.2 Å². The smallest absolute Gasteiger partial charge is 0.303 e. The van der Waals surface area contributed by atoms with E-state index in [4.69, 9.17) is 4.74 Å². The summed E-state index contributed by atoms with van der Waals surface area (Å²) in [5.41, 5.74) is 5.26. The number of rotatable bonds is 9. The summed E-state index contributed by atoms with van der Waals surface area (Å²) < 4.78 is 36.5. The zero-order valence-corrected chi connectivity index (χ0v) is 30.9. The molecule has 5 aliphatic rings. The van der Waals surface area contributed by atoms with Gasteiger partial charge < -0.3 is 19.1 Å². The van der Waals surface area contributed by atoms with Crippen LogP contribution in [0.5, 0.6) is 5.75 Å². The highest BCUT2D eigenvalue weighted by Gasteiger charge is 2.63. The van der Waals surface area contributed by atoms with Gasteiger partial charge in [-0.1, -0.05) is 25.3 Å². The number of amides is 2. The predicted molar refractivity (Wildman–Crippen MR) is 195 cm³/mol. The van der Waals surface area contributed by atoms with Crippen molar-refractivity contribution in [1.29, 1.82) is 0 Å².